The van der Waals surface area contributed by atoms with E-state index < -0.39 is 0 Å². The fourth-order valence-electron chi connectivity index (χ4n) is 3.09. The van der Waals surface area contributed by atoms with E-state index >= 15 is 0 Å². The van der Waals surface area contributed by atoms with Crippen molar-refractivity contribution in [3.63, 3.8) is 0 Å². The second-order valence-electron chi connectivity index (χ2n) is 5.25. The van der Waals surface area contributed by atoms with Crippen LogP contribution in [0.25, 0.3) is 21.8 Å². The summed E-state index contributed by atoms with van der Waals surface area (Å²) in [5.41, 5.74) is 3.62. The Balaban J connectivity index is 2.48. The van der Waals surface area contributed by atoms with Gasteiger partial charge in [0.25, 0.3) is 0 Å². The van der Waals surface area contributed by atoms with Crippen LogP contribution in [0.1, 0.15) is 13.8 Å². The van der Waals surface area contributed by atoms with Crippen LogP contribution < -0.4 is 9.47 Å². The predicted molar refractivity (Wildman–Crippen MR) is 92.0 cm³/mol. The smallest absolute Gasteiger partial charge is 0.216 e. The Morgan fingerprint density at radius 3 is 2.33 bits per heavy atom. The van der Waals surface area contributed by atoms with Crippen molar-refractivity contribution in [1.29, 1.82) is 0 Å². The number of rotatable bonds is 3. The summed E-state index contributed by atoms with van der Waals surface area (Å²) >= 11 is 5.82. The van der Waals surface area contributed by atoms with Gasteiger partial charge in [-0.3, -0.25) is 0 Å². The molecule has 1 heterocycles. The van der Waals surface area contributed by atoms with E-state index in [0.717, 1.165) is 23.4 Å². The van der Waals surface area contributed by atoms with Gasteiger partial charge in [-0.2, -0.15) is 4.57 Å². The molecule has 2 nitrogen and oxygen atoms in total. The van der Waals surface area contributed by atoms with Crippen LogP contribution in [0.2, 0.25) is 0 Å². The zero-order valence-corrected chi connectivity index (χ0v) is 13.6. The summed E-state index contributed by atoms with van der Waals surface area (Å²) in [4.78, 5) is 3.33. The summed E-state index contributed by atoms with van der Waals surface area (Å²) in [5.74, 6) is 0. The largest absolute Gasteiger partial charge is 0.371 e. The van der Waals surface area contributed by atoms with Gasteiger partial charge in [0.05, 0.1) is 21.4 Å². The molecule has 3 aromatic rings. The molecule has 21 heavy (non-hydrogen) atoms. The van der Waals surface area contributed by atoms with E-state index in [0.29, 0.717) is 0 Å². The Morgan fingerprint density at radius 2 is 1.62 bits per heavy atom. The van der Waals surface area contributed by atoms with Gasteiger partial charge >= 0.3 is 0 Å². The van der Waals surface area contributed by atoms with Gasteiger partial charge in [0.15, 0.2) is 0 Å². The topological polar surface area (TPSA) is 7.12 Å². The molecule has 0 saturated carbocycles. The molecule has 1 aromatic heterocycles. The summed E-state index contributed by atoms with van der Waals surface area (Å²) in [6.45, 7) is 6.35. The molecule has 107 valence electrons. The van der Waals surface area contributed by atoms with Crippen LogP contribution in [-0.4, -0.2) is 13.1 Å². The number of fused-ring (bicyclic) bond motifs is 2. The molecule has 0 N–H and O–H groups in total. The first-order valence-electron chi connectivity index (χ1n) is 7.44. The van der Waals surface area contributed by atoms with Gasteiger partial charge in [-0.05, 0) is 26.0 Å². The van der Waals surface area contributed by atoms with Crippen molar-refractivity contribution in [3.8, 4) is 0 Å². The number of hydrogen-bond donors (Lipinski definition) is 0. The fraction of sp³-hybridized carbons (Fsp3) is 0.278. The molecule has 0 unspecified atom stereocenters. The highest BCUT2D eigenvalue weighted by Gasteiger charge is 2.20. The summed E-state index contributed by atoms with van der Waals surface area (Å²) in [6.07, 6.45) is 0. The normalized spacial score (nSPS) is 11.2. The second kappa shape index (κ2) is 5.49. The number of aryl methyl sites for hydroxylation is 1. The number of hydrogen-bond acceptors (Lipinski definition) is 1. The van der Waals surface area contributed by atoms with E-state index in [9.17, 15) is 0 Å². The summed E-state index contributed by atoms with van der Waals surface area (Å²) in [5, 5.41) is 2.35. The van der Waals surface area contributed by atoms with Gasteiger partial charge in [-0.15, -0.1) is 0 Å². The molecule has 3 rings (SSSR count). The number of pyridine rings is 1. The quantitative estimate of drug-likeness (QED) is 0.518. The van der Waals surface area contributed by atoms with Crippen molar-refractivity contribution in [3.05, 3.63) is 42.5 Å². The third kappa shape index (κ3) is 2.12. The van der Waals surface area contributed by atoms with Crippen LogP contribution in [0, 0.1) is 0 Å². The first kappa shape index (κ1) is 14.1. The SMILES string of the molecule is CCN(CC)c1cccc2c1c([S])c1ccccc1[n+]2C. The monoisotopic (exact) mass is 296 g/mol. The van der Waals surface area contributed by atoms with Gasteiger partial charge in [-0.25, -0.2) is 0 Å². The lowest BCUT2D eigenvalue weighted by molar-refractivity contribution is -0.617. The highest BCUT2D eigenvalue weighted by Crippen LogP contribution is 2.34. The summed E-state index contributed by atoms with van der Waals surface area (Å²) < 4.78 is 2.24. The van der Waals surface area contributed by atoms with Crippen LogP contribution in [-0.2, 0) is 7.05 Å². The zero-order chi connectivity index (χ0) is 15.0. The first-order valence-corrected chi connectivity index (χ1v) is 7.85. The van der Waals surface area contributed by atoms with Crippen LogP contribution in [0.15, 0.2) is 47.4 Å². The first-order chi connectivity index (χ1) is 10.2. The summed E-state index contributed by atoms with van der Waals surface area (Å²) in [6, 6.07) is 14.8. The van der Waals surface area contributed by atoms with E-state index in [4.69, 9.17) is 12.6 Å². The number of benzene rings is 2. The highest BCUT2D eigenvalue weighted by atomic mass is 32.1. The second-order valence-corrected chi connectivity index (χ2v) is 5.66. The van der Waals surface area contributed by atoms with E-state index in [1.54, 1.807) is 0 Å². The minimum absolute atomic E-state index is 0.959. The van der Waals surface area contributed by atoms with Crippen molar-refractivity contribution in [2.75, 3.05) is 18.0 Å². The van der Waals surface area contributed by atoms with Gasteiger partial charge in [0.2, 0.25) is 11.0 Å². The maximum absolute atomic E-state index is 5.82. The Bertz CT molecular complexity index is 807. The van der Waals surface area contributed by atoms with Crippen molar-refractivity contribution in [2.45, 2.75) is 18.7 Å². The molecule has 0 bridgehead atoms. The number of para-hydroxylation sites is 1. The molecule has 3 heteroatoms. The molecule has 0 spiro atoms. The lowest BCUT2D eigenvalue weighted by Crippen LogP contribution is -2.31. The van der Waals surface area contributed by atoms with E-state index in [2.05, 4.69) is 72.8 Å². The standard InChI is InChI=1S/C18H20N2S/c1-4-20(5-2)16-12-8-11-15-17(16)18(21)13-9-6-7-10-14(13)19(15)3/h6-12H,4-5H2,1-3H3/q+1. The average molecular weight is 296 g/mol. The van der Waals surface area contributed by atoms with Gasteiger partial charge < -0.3 is 4.90 Å². The van der Waals surface area contributed by atoms with Gasteiger partial charge in [-0.1, -0.05) is 30.8 Å². The minimum atomic E-state index is 0.959. The molecule has 0 atom stereocenters. The number of anilines is 1. The molecule has 0 aliphatic carbocycles. The molecule has 0 amide bonds. The molecule has 2 aromatic carbocycles. The molecular weight excluding hydrogens is 276 g/mol. The Kier molecular flexibility index (Phi) is 3.68. The van der Waals surface area contributed by atoms with Crippen LogP contribution >= 0.6 is 12.6 Å². The lowest BCUT2D eigenvalue weighted by atomic mass is 10.1. The molecule has 1 radical (unpaired) electrons. The molecule has 0 aliphatic rings. The predicted octanol–water partition coefficient (Wildman–Crippen LogP) is 4.22. The van der Waals surface area contributed by atoms with Crippen molar-refractivity contribution >= 4 is 40.1 Å². The summed E-state index contributed by atoms with van der Waals surface area (Å²) in [7, 11) is 2.12. The lowest BCUT2D eigenvalue weighted by Gasteiger charge is -2.22. The van der Waals surface area contributed by atoms with Crippen LogP contribution in [0.4, 0.5) is 5.69 Å². The van der Waals surface area contributed by atoms with E-state index in [-0.39, 0.29) is 0 Å². The Morgan fingerprint density at radius 1 is 0.952 bits per heavy atom. The number of nitrogens with zero attached hydrogens (tertiary/aromatic N) is 2. The van der Waals surface area contributed by atoms with Crippen molar-refractivity contribution in [1.82, 2.24) is 0 Å². The van der Waals surface area contributed by atoms with Crippen molar-refractivity contribution < 1.29 is 4.57 Å². The van der Waals surface area contributed by atoms with Crippen molar-refractivity contribution in [2.24, 2.45) is 7.05 Å². The third-order valence-corrected chi connectivity index (χ3v) is 4.65. The highest BCUT2D eigenvalue weighted by molar-refractivity contribution is 7.80. The van der Waals surface area contributed by atoms with Gasteiger partial charge in [0.1, 0.15) is 7.05 Å². The molecule has 0 fully saturated rings. The zero-order valence-electron chi connectivity index (χ0n) is 12.8. The number of aromatic nitrogens is 1. The third-order valence-electron chi connectivity index (χ3n) is 4.22. The fourth-order valence-corrected chi connectivity index (χ4v) is 3.47. The average Bonchev–Trinajstić information content (AvgIpc) is 2.53. The van der Waals surface area contributed by atoms with Crippen LogP contribution in [0.3, 0.4) is 0 Å². The minimum Gasteiger partial charge on any atom is -0.371 e. The molecule has 0 aliphatic heterocycles. The Hall–Kier alpha value is -1.87. The molecule has 0 saturated heterocycles. The van der Waals surface area contributed by atoms with Crippen LogP contribution in [0.5, 0.6) is 0 Å². The molecular formula is C18H20N2S+. The maximum Gasteiger partial charge on any atom is 0.216 e. The van der Waals surface area contributed by atoms with E-state index in [1.165, 1.54) is 22.1 Å². The van der Waals surface area contributed by atoms with E-state index in [1.807, 2.05) is 0 Å². The van der Waals surface area contributed by atoms with Gasteiger partial charge in [0, 0.05) is 25.2 Å². The maximum atomic E-state index is 5.82. The Labute approximate surface area is 131 Å².